The van der Waals surface area contributed by atoms with Gasteiger partial charge in [-0.2, -0.15) is 0 Å². The van der Waals surface area contributed by atoms with Gasteiger partial charge in [-0.05, 0) is 53.1 Å². The molecule has 8 heteroatoms. The second-order valence-electron chi connectivity index (χ2n) is 5.66. The van der Waals surface area contributed by atoms with Crippen LogP contribution in [0.2, 0.25) is 0 Å². The quantitative estimate of drug-likeness (QED) is 0.233. The van der Waals surface area contributed by atoms with E-state index in [4.69, 9.17) is 5.21 Å². The molecule has 2 rings (SSSR count). The Balaban J connectivity index is 1.84. The molecule has 2 amide bonds. The first-order valence-electron chi connectivity index (χ1n) is 7.89. The fourth-order valence-electron chi connectivity index (χ4n) is 2.57. The number of hydrogen-bond acceptors (Lipinski definition) is 5. The zero-order chi connectivity index (χ0) is 17.4. The van der Waals surface area contributed by atoms with Crippen molar-refractivity contribution in [1.82, 2.24) is 15.8 Å². The maximum absolute atomic E-state index is 12.0. The number of aromatic nitrogens is 1. The first-order chi connectivity index (χ1) is 11.6. The smallest absolute Gasteiger partial charge is 0.267 e. The number of rotatable bonds is 6. The lowest BCUT2D eigenvalue weighted by molar-refractivity contribution is -0.124. The van der Waals surface area contributed by atoms with Gasteiger partial charge in [-0.15, -0.1) is 0 Å². The number of carbonyl (C=O) groups is 2. The number of hydrogen-bond donors (Lipinski definition) is 4. The standard InChI is InChI=1S/C16H21IN4O3/c17-13-8-11(6-7-14(22)21-24)9-18-16(13)19-10-15(23)20-12-4-2-1-3-5-12/h6-9,12,24H,1-5,10H2,(H,18,19)(H,20,23)(H,21,22)/b7-6+. The van der Waals surface area contributed by atoms with Crippen molar-refractivity contribution in [3.05, 3.63) is 27.5 Å². The predicted octanol–water partition coefficient (Wildman–Crippen LogP) is 2.07. The Morgan fingerprint density at radius 3 is 2.75 bits per heavy atom. The maximum atomic E-state index is 12.0. The summed E-state index contributed by atoms with van der Waals surface area (Å²) in [5.41, 5.74) is 2.24. The van der Waals surface area contributed by atoms with E-state index >= 15 is 0 Å². The van der Waals surface area contributed by atoms with E-state index in [2.05, 4.69) is 38.2 Å². The third-order valence-electron chi connectivity index (χ3n) is 3.79. The summed E-state index contributed by atoms with van der Waals surface area (Å²) >= 11 is 2.11. The van der Waals surface area contributed by atoms with Crippen molar-refractivity contribution in [3.63, 3.8) is 0 Å². The second kappa shape index (κ2) is 9.58. The van der Waals surface area contributed by atoms with Gasteiger partial charge in [-0.3, -0.25) is 14.8 Å². The van der Waals surface area contributed by atoms with Crippen LogP contribution in [0, 0.1) is 3.57 Å². The van der Waals surface area contributed by atoms with E-state index in [0.29, 0.717) is 11.9 Å². The van der Waals surface area contributed by atoms with Crippen LogP contribution in [0.1, 0.15) is 37.7 Å². The Kier molecular flexibility index (Phi) is 7.44. The van der Waals surface area contributed by atoms with Gasteiger partial charge in [0.15, 0.2) is 0 Å². The van der Waals surface area contributed by atoms with Gasteiger partial charge < -0.3 is 10.6 Å². The lowest BCUT2D eigenvalue weighted by atomic mass is 9.95. The molecule has 1 heterocycles. The largest absolute Gasteiger partial charge is 0.360 e. The second-order valence-corrected chi connectivity index (χ2v) is 6.83. The van der Waals surface area contributed by atoms with Crippen LogP contribution in [0.15, 0.2) is 18.3 Å². The van der Waals surface area contributed by atoms with Gasteiger partial charge in [0, 0.05) is 18.3 Å². The summed E-state index contributed by atoms with van der Waals surface area (Å²) in [6, 6.07) is 2.13. The molecule has 1 fully saturated rings. The van der Waals surface area contributed by atoms with Crippen LogP contribution in [-0.2, 0) is 9.59 Å². The predicted molar refractivity (Wildman–Crippen MR) is 99.4 cm³/mol. The minimum atomic E-state index is -0.605. The third-order valence-corrected chi connectivity index (χ3v) is 4.61. The molecule has 0 aromatic carbocycles. The van der Waals surface area contributed by atoms with Crippen molar-refractivity contribution in [3.8, 4) is 0 Å². The zero-order valence-electron chi connectivity index (χ0n) is 13.2. The number of nitrogens with zero attached hydrogens (tertiary/aromatic N) is 1. The molecule has 7 nitrogen and oxygen atoms in total. The molecule has 0 bridgehead atoms. The summed E-state index contributed by atoms with van der Waals surface area (Å²) in [4.78, 5) is 27.2. The van der Waals surface area contributed by atoms with E-state index in [1.165, 1.54) is 30.8 Å². The molecule has 1 saturated carbocycles. The van der Waals surface area contributed by atoms with Gasteiger partial charge in [0.25, 0.3) is 5.91 Å². The summed E-state index contributed by atoms with van der Waals surface area (Å²) < 4.78 is 0.838. The molecule has 0 saturated heterocycles. The highest BCUT2D eigenvalue weighted by Gasteiger charge is 2.15. The molecule has 0 atom stereocenters. The topological polar surface area (TPSA) is 103 Å². The van der Waals surface area contributed by atoms with Gasteiger partial charge in [-0.1, -0.05) is 19.3 Å². The summed E-state index contributed by atoms with van der Waals surface area (Å²) in [5.74, 6) is -0.00663. The van der Waals surface area contributed by atoms with Gasteiger partial charge in [0.1, 0.15) is 5.82 Å². The number of amides is 2. The van der Waals surface area contributed by atoms with E-state index in [1.54, 1.807) is 12.3 Å². The Morgan fingerprint density at radius 2 is 2.08 bits per heavy atom. The Labute approximate surface area is 154 Å². The first-order valence-corrected chi connectivity index (χ1v) is 8.97. The lowest BCUT2D eigenvalue weighted by Crippen LogP contribution is -2.39. The number of hydroxylamine groups is 1. The Hall–Kier alpha value is -1.68. The molecule has 1 aliphatic carbocycles. The zero-order valence-corrected chi connectivity index (χ0v) is 15.4. The number of halogens is 1. The summed E-state index contributed by atoms with van der Waals surface area (Å²) in [6.07, 6.45) is 10.1. The van der Waals surface area contributed by atoms with E-state index < -0.39 is 5.91 Å². The highest BCUT2D eigenvalue weighted by Crippen LogP contribution is 2.18. The van der Waals surface area contributed by atoms with E-state index in [-0.39, 0.29) is 12.5 Å². The van der Waals surface area contributed by atoms with Crippen LogP contribution in [0.4, 0.5) is 5.82 Å². The minimum absolute atomic E-state index is 0.0249. The Bertz CT molecular complexity index is 615. The Morgan fingerprint density at radius 1 is 1.33 bits per heavy atom. The van der Waals surface area contributed by atoms with Crippen molar-refractivity contribution >= 4 is 46.3 Å². The van der Waals surface area contributed by atoms with Crippen LogP contribution >= 0.6 is 22.6 Å². The fourth-order valence-corrected chi connectivity index (χ4v) is 3.26. The number of pyridine rings is 1. The molecule has 0 aliphatic heterocycles. The molecule has 1 aromatic heterocycles. The van der Waals surface area contributed by atoms with Gasteiger partial charge in [0.2, 0.25) is 5.91 Å². The number of carbonyl (C=O) groups excluding carboxylic acids is 2. The molecule has 4 N–H and O–H groups in total. The number of nitrogens with one attached hydrogen (secondary N) is 3. The van der Waals surface area contributed by atoms with Crippen LogP contribution in [0.25, 0.3) is 6.08 Å². The molecule has 130 valence electrons. The SMILES string of the molecule is O=C(/C=C/c1cnc(NCC(=O)NC2CCCCC2)c(I)c1)NO. The molecule has 0 spiro atoms. The summed E-state index contributed by atoms with van der Waals surface area (Å²) in [5, 5.41) is 14.5. The molecule has 1 aliphatic rings. The summed E-state index contributed by atoms with van der Waals surface area (Å²) in [7, 11) is 0. The lowest BCUT2D eigenvalue weighted by Gasteiger charge is -2.22. The van der Waals surface area contributed by atoms with Crippen LogP contribution in [0.5, 0.6) is 0 Å². The molecular weight excluding hydrogens is 423 g/mol. The first kappa shape index (κ1) is 18.7. The minimum Gasteiger partial charge on any atom is -0.360 e. The van der Waals surface area contributed by atoms with Crippen molar-refractivity contribution in [2.24, 2.45) is 0 Å². The van der Waals surface area contributed by atoms with Crippen molar-refractivity contribution < 1.29 is 14.8 Å². The average Bonchev–Trinajstić information content (AvgIpc) is 2.59. The van der Waals surface area contributed by atoms with Crippen molar-refractivity contribution in [1.29, 1.82) is 0 Å². The fraction of sp³-hybridized carbons (Fsp3) is 0.438. The van der Waals surface area contributed by atoms with Gasteiger partial charge >= 0.3 is 0 Å². The summed E-state index contributed by atoms with van der Waals surface area (Å²) in [6.45, 7) is 0.182. The average molecular weight is 444 g/mol. The number of anilines is 1. The van der Waals surface area contributed by atoms with E-state index in [0.717, 1.165) is 22.0 Å². The van der Waals surface area contributed by atoms with Gasteiger partial charge in [0.05, 0.1) is 10.1 Å². The van der Waals surface area contributed by atoms with Crippen LogP contribution < -0.4 is 16.1 Å². The van der Waals surface area contributed by atoms with Gasteiger partial charge in [-0.25, -0.2) is 10.5 Å². The highest BCUT2D eigenvalue weighted by molar-refractivity contribution is 14.1. The van der Waals surface area contributed by atoms with E-state index in [1.807, 2.05) is 6.07 Å². The molecule has 1 aromatic rings. The monoisotopic (exact) mass is 444 g/mol. The molecule has 0 radical (unpaired) electrons. The van der Waals surface area contributed by atoms with E-state index in [9.17, 15) is 9.59 Å². The molecule has 0 unspecified atom stereocenters. The maximum Gasteiger partial charge on any atom is 0.267 e. The normalized spacial score (nSPS) is 15.2. The van der Waals surface area contributed by atoms with Crippen molar-refractivity contribution in [2.75, 3.05) is 11.9 Å². The molecule has 24 heavy (non-hydrogen) atoms. The third kappa shape index (κ3) is 6.08. The molecular formula is C16H21IN4O3. The highest BCUT2D eigenvalue weighted by atomic mass is 127. The van der Waals surface area contributed by atoms with Crippen molar-refractivity contribution in [2.45, 2.75) is 38.1 Å². The van der Waals surface area contributed by atoms with Crippen LogP contribution in [0.3, 0.4) is 0 Å². The van der Waals surface area contributed by atoms with Crippen LogP contribution in [-0.4, -0.2) is 34.6 Å².